The van der Waals surface area contributed by atoms with Crippen molar-refractivity contribution < 1.29 is 9.59 Å². The van der Waals surface area contributed by atoms with Gasteiger partial charge in [0, 0.05) is 25.9 Å². The molecule has 2 N–H and O–H groups in total. The lowest BCUT2D eigenvalue weighted by Crippen LogP contribution is -2.33. The Morgan fingerprint density at radius 2 is 2.06 bits per heavy atom. The third kappa shape index (κ3) is 4.36. The fraction of sp³-hybridized carbons (Fsp3) is 0.846. The van der Waals surface area contributed by atoms with Crippen molar-refractivity contribution in [1.29, 1.82) is 0 Å². The maximum Gasteiger partial charge on any atom is 0.222 e. The maximum absolute atomic E-state index is 11.9. The average molecular weight is 240 g/mol. The zero-order chi connectivity index (χ0) is 13.1. The molecule has 4 heteroatoms. The van der Waals surface area contributed by atoms with E-state index in [1.165, 1.54) is 0 Å². The normalized spacial score (nSPS) is 22.4. The van der Waals surface area contributed by atoms with Crippen LogP contribution in [0.3, 0.4) is 0 Å². The zero-order valence-electron chi connectivity index (χ0n) is 11.2. The van der Waals surface area contributed by atoms with Crippen molar-refractivity contribution in [1.82, 2.24) is 4.90 Å². The van der Waals surface area contributed by atoms with Crippen LogP contribution < -0.4 is 5.73 Å². The van der Waals surface area contributed by atoms with Gasteiger partial charge >= 0.3 is 0 Å². The molecule has 0 spiro atoms. The van der Waals surface area contributed by atoms with Gasteiger partial charge in [-0.15, -0.1) is 0 Å². The monoisotopic (exact) mass is 240 g/mol. The smallest absolute Gasteiger partial charge is 0.222 e. The lowest BCUT2D eigenvalue weighted by Gasteiger charge is -2.29. The quantitative estimate of drug-likeness (QED) is 0.813. The van der Waals surface area contributed by atoms with E-state index in [4.69, 9.17) is 5.73 Å². The number of rotatable bonds is 3. The lowest BCUT2D eigenvalue weighted by molar-refractivity contribution is -0.131. The Bertz CT molecular complexity index is 294. The Morgan fingerprint density at radius 1 is 1.41 bits per heavy atom. The van der Waals surface area contributed by atoms with Gasteiger partial charge in [0.1, 0.15) is 0 Å². The van der Waals surface area contributed by atoms with Crippen molar-refractivity contribution in [2.45, 2.75) is 46.5 Å². The summed E-state index contributed by atoms with van der Waals surface area (Å²) < 4.78 is 0. The first-order chi connectivity index (χ1) is 7.80. The summed E-state index contributed by atoms with van der Waals surface area (Å²) in [5.41, 5.74) is 5.36. The predicted octanol–water partition coefficient (Wildman–Crippen LogP) is 1.54. The molecule has 1 atom stereocenters. The third-order valence-electron chi connectivity index (χ3n) is 3.66. The van der Waals surface area contributed by atoms with E-state index in [2.05, 4.69) is 20.8 Å². The zero-order valence-corrected chi connectivity index (χ0v) is 11.2. The summed E-state index contributed by atoms with van der Waals surface area (Å²) in [4.78, 5) is 24.4. The van der Waals surface area contributed by atoms with E-state index >= 15 is 0 Å². The van der Waals surface area contributed by atoms with Gasteiger partial charge < -0.3 is 10.6 Å². The largest absolute Gasteiger partial charge is 0.370 e. The minimum Gasteiger partial charge on any atom is -0.370 e. The number of hydrogen-bond acceptors (Lipinski definition) is 2. The molecule has 0 aliphatic carbocycles. The lowest BCUT2D eigenvalue weighted by atomic mass is 9.77. The van der Waals surface area contributed by atoms with Crippen LogP contribution in [0.2, 0.25) is 0 Å². The molecule has 1 aliphatic rings. The van der Waals surface area contributed by atoms with Crippen molar-refractivity contribution in [3.8, 4) is 0 Å². The highest BCUT2D eigenvalue weighted by Crippen LogP contribution is 2.34. The molecule has 0 aromatic carbocycles. The van der Waals surface area contributed by atoms with Crippen LogP contribution in [-0.4, -0.2) is 29.8 Å². The molecule has 0 saturated carbocycles. The molecule has 2 amide bonds. The van der Waals surface area contributed by atoms with Gasteiger partial charge in [-0.05, 0) is 24.2 Å². The molecular weight excluding hydrogens is 216 g/mol. The maximum atomic E-state index is 11.9. The van der Waals surface area contributed by atoms with Crippen LogP contribution in [0.1, 0.15) is 46.5 Å². The van der Waals surface area contributed by atoms with E-state index in [0.717, 1.165) is 19.4 Å². The summed E-state index contributed by atoms with van der Waals surface area (Å²) in [5, 5.41) is 0. The molecule has 4 nitrogen and oxygen atoms in total. The van der Waals surface area contributed by atoms with E-state index in [0.29, 0.717) is 18.9 Å². The first-order valence-electron chi connectivity index (χ1n) is 6.37. The van der Waals surface area contributed by atoms with Crippen LogP contribution in [0.4, 0.5) is 0 Å². The number of nitrogens with two attached hydrogens (primary N) is 1. The molecule has 98 valence electrons. The van der Waals surface area contributed by atoms with Gasteiger partial charge in [-0.3, -0.25) is 9.59 Å². The van der Waals surface area contributed by atoms with Crippen LogP contribution in [0.25, 0.3) is 0 Å². The van der Waals surface area contributed by atoms with Gasteiger partial charge in [0.2, 0.25) is 11.8 Å². The minimum atomic E-state index is -0.339. The van der Waals surface area contributed by atoms with Crippen LogP contribution in [0.5, 0.6) is 0 Å². The van der Waals surface area contributed by atoms with Gasteiger partial charge in [0.15, 0.2) is 0 Å². The fourth-order valence-corrected chi connectivity index (χ4v) is 2.38. The average Bonchev–Trinajstić information content (AvgIpc) is 2.36. The third-order valence-corrected chi connectivity index (χ3v) is 3.66. The van der Waals surface area contributed by atoms with Crippen LogP contribution in [0, 0.1) is 11.3 Å². The molecule has 17 heavy (non-hydrogen) atoms. The number of carbonyl (C=O) groups excluding carboxylic acids is 2. The Hall–Kier alpha value is -1.06. The molecule has 1 unspecified atom stereocenters. The number of amides is 2. The highest BCUT2D eigenvalue weighted by atomic mass is 16.2. The second kappa shape index (κ2) is 5.52. The van der Waals surface area contributed by atoms with Crippen LogP contribution >= 0.6 is 0 Å². The first kappa shape index (κ1) is 14.0. The topological polar surface area (TPSA) is 63.4 Å². The Kier molecular flexibility index (Phi) is 4.54. The summed E-state index contributed by atoms with van der Waals surface area (Å²) >= 11 is 0. The minimum absolute atomic E-state index is 0.165. The molecule has 0 aromatic heterocycles. The summed E-state index contributed by atoms with van der Waals surface area (Å²) in [6, 6.07) is 0. The van der Waals surface area contributed by atoms with Crippen molar-refractivity contribution in [3.05, 3.63) is 0 Å². The van der Waals surface area contributed by atoms with E-state index in [1.54, 1.807) is 4.90 Å². The van der Waals surface area contributed by atoms with Crippen molar-refractivity contribution >= 4 is 11.8 Å². The Morgan fingerprint density at radius 3 is 2.59 bits per heavy atom. The van der Waals surface area contributed by atoms with Crippen molar-refractivity contribution in [2.24, 2.45) is 17.1 Å². The van der Waals surface area contributed by atoms with Gasteiger partial charge in [-0.1, -0.05) is 20.8 Å². The molecule has 1 heterocycles. The SMILES string of the molecule is CC(C)(C)C1CCC(=O)N(CCC(N)=O)CC1. The van der Waals surface area contributed by atoms with Gasteiger partial charge in [0.05, 0.1) is 0 Å². The van der Waals surface area contributed by atoms with Crippen LogP contribution in [0.15, 0.2) is 0 Å². The van der Waals surface area contributed by atoms with E-state index < -0.39 is 0 Å². The molecule has 1 fully saturated rings. The number of primary amides is 1. The van der Waals surface area contributed by atoms with Crippen LogP contribution in [-0.2, 0) is 9.59 Å². The molecule has 1 aliphatic heterocycles. The van der Waals surface area contributed by atoms with E-state index in [-0.39, 0.29) is 23.7 Å². The van der Waals surface area contributed by atoms with E-state index in [9.17, 15) is 9.59 Å². The molecule has 1 saturated heterocycles. The van der Waals surface area contributed by atoms with Crippen molar-refractivity contribution in [3.63, 3.8) is 0 Å². The fourth-order valence-electron chi connectivity index (χ4n) is 2.38. The summed E-state index contributed by atoms with van der Waals surface area (Å²) in [6.45, 7) is 7.91. The molecular formula is C13H24N2O2. The van der Waals surface area contributed by atoms with Gasteiger partial charge in [0.25, 0.3) is 0 Å². The number of carbonyl (C=O) groups is 2. The van der Waals surface area contributed by atoms with Gasteiger partial charge in [-0.25, -0.2) is 0 Å². The molecule has 0 bridgehead atoms. The predicted molar refractivity (Wildman–Crippen MR) is 67.2 cm³/mol. The standard InChI is InChI=1S/C13H24N2O2/c1-13(2,3)10-4-5-12(17)15(8-6-10)9-7-11(14)16/h10H,4-9H2,1-3H3,(H2,14,16). The first-order valence-corrected chi connectivity index (χ1v) is 6.37. The molecule has 0 aromatic rings. The highest BCUT2D eigenvalue weighted by molar-refractivity contribution is 5.78. The Balaban J connectivity index is 2.55. The van der Waals surface area contributed by atoms with Gasteiger partial charge in [-0.2, -0.15) is 0 Å². The Labute approximate surface area is 104 Å². The molecule has 0 radical (unpaired) electrons. The van der Waals surface area contributed by atoms with E-state index in [1.807, 2.05) is 0 Å². The summed E-state index contributed by atoms with van der Waals surface area (Å²) in [7, 11) is 0. The second-order valence-corrected chi connectivity index (χ2v) is 5.99. The second-order valence-electron chi connectivity index (χ2n) is 5.99. The number of hydrogen-bond donors (Lipinski definition) is 1. The summed E-state index contributed by atoms with van der Waals surface area (Å²) in [5.74, 6) is 0.400. The summed E-state index contributed by atoms with van der Waals surface area (Å²) in [6.07, 6.45) is 2.84. The number of nitrogens with zero attached hydrogens (tertiary/aromatic N) is 1. The highest BCUT2D eigenvalue weighted by Gasteiger charge is 2.29. The number of likely N-dealkylation sites (tertiary alicyclic amines) is 1. The molecule has 1 rings (SSSR count). The van der Waals surface area contributed by atoms with Crippen molar-refractivity contribution in [2.75, 3.05) is 13.1 Å².